The maximum Gasteiger partial charge on any atom is 0.226 e. The Morgan fingerprint density at radius 3 is 2.31 bits per heavy atom. The first kappa shape index (κ1) is 22.9. The second-order valence-corrected chi connectivity index (χ2v) is 6.54. The first-order valence-corrected chi connectivity index (χ1v) is 9.20. The highest BCUT2D eigenvalue weighted by Crippen LogP contribution is 2.19. The van der Waals surface area contributed by atoms with Crippen LogP contribution in [0.1, 0.15) is 22.4 Å². The first-order chi connectivity index (χ1) is 13.7. The van der Waals surface area contributed by atoms with Gasteiger partial charge in [-0.25, -0.2) is 4.98 Å². The summed E-state index contributed by atoms with van der Waals surface area (Å²) < 4.78 is 10.7. The molecular weight excluding hydrogens is 479 g/mol. The van der Waals surface area contributed by atoms with Gasteiger partial charge < -0.3 is 19.8 Å². The van der Waals surface area contributed by atoms with Crippen molar-refractivity contribution in [3.8, 4) is 11.5 Å². The molecule has 0 radical (unpaired) electrons. The van der Waals surface area contributed by atoms with Gasteiger partial charge in [-0.2, -0.15) is 0 Å². The average Bonchev–Trinajstić information content (AvgIpc) is 3.19. The van der Waals surface area contributed by atoms with Gasteiger partial charge in [-0.3, -0.25) is 4.99 Å². The monoisotopic (exact) mass is 506 g/mol. The number of guanidine groups is 1. The van der Waals surface area contributed by atoms with Crippen LogP contribution in [0.5, 0.6) is 0 Å². The lowest BCUT2D eigenvalue weighted by molar-refractivity contribution is 0.185. The molecule has 1 heterocycles. The van der Waals surface area contributed by atoms with E-state index >= 15 is 0 Å². The Balaban J connectivity index is 0.00000300. The summed E-state index contributed by atoms with van der Waals surface area (Å²) in [7, 11) is 3.45. The SMILES string of the molecule is CN=C(NCc1ccc(COC)cc1)NCc1coc(-c2ccc(C)cc2)n1.I. The van der Waals surface area contributed by atoms with Gasteiger partial charge in [-0.15, -0.1) is 24.0 Å². The number of methoxy groups -OCH3 is 1. The summed E-state index contributed by atoms with van der Waals surface area (Å²) in [6.45, 7) is 3.89. The largest absolute Gasteiger partial charge is 0.444 e. The lowest BCUT2D eigenvalue weighted by atomic mass is 10.1. The minimum absolute atomic E-state index is 0. The van der Waals surface area contributed by atoms with E-state index in [1.54, 1.807) is 20.4 Å². The number of aromatic nitrogens is 1. The highest BCUT2D eigenvalue weighted by molar-refractivity contribution is 14.0. The zero-order valence-corrected chi connectivity index (χ0v) is 19.3. The number of nitrogens with one attached hydrogen (secondary N) is 2. The van der Waals surface area contributed by atoms with E-state index < -0.39 is 0 Å². The van der Waals surface area contributed by atoms with E-state index in [-0.39, 0.29) is 24.0 Å². The molecule has 0 aliphatic carbocycles. The minimum Gasteiger partial charge on any atom is -0.444 e. The van der Waals surface area contributed by atoms with Crippen LogP contribution < -0.4 is 10.6 Å². The van der Waals surface area contributed by atoms with Crippen LogP contribution in [-0.2, 0) is 24.4 Å². The van der Waals surface area contributed by atoms with Crippen LogP contribution in [0.15, 0.2) is 64.2 Å². The Morgan fingerprint density at radius 1 is 1.00 bits per heavy atom. The summed E-state index contributed by atoms with van der Waals surface area (Å²) in [6, 6.07) is 16.4. The third-order valence-electron chi connectivity index (χ3n) is 4.30. The van der Waals surface area contributed by atoms with Crippen LogP contribution in [0, 0.1) is 6.92 Å². The Bertz CT molecular complexity index is 905. The maximum atomic E-state index is 5.60. The van der Waals surface area contributed by atoms with Gasteiger partial charge in [0.25, 0.3) is 0 Å². The molecule has 0 bridgehead atoms. The van der Waals surface area contributed by atoms with Crippen molar-refractivity contribution in [3.63, 3.8) is 0 Å². The van der Waals surface area contributed by atoms with Gasteiger partial charge >= 0.3 is 0 Å². The number of hydrogen-bond donors (Lipinski definition) is 2. The van der Waals surface area contributed by atoms with Crippen molar-refractivity contribution in [1.29, 1.82) is 0 Å². The Hall–Kier alpha value is -2.39. The molecule has 0 saturated heterocycles. The molecule has 29 heavy (non-hydrogen) atoms. The normalized spacial score (nSPS) is 11.1. The maximum absolute atomic E-state index is 5.60. The third kappa shape index (κ3) is 6.86. The van der Waals surface area contributed by atoms with E-state index in [1.165, 1.54) is 11.1 Å². The Labute approximate surface area is 188 Å². The van der Waals surface area contributed by atoms with Crippen LogP contribution in [-0.4, -0.2) is 25.1 Å². The zero-order valence-electron chi connectivity index (χ0n) is 16.9. The van der Waals surface area contributed by atoms with Crippen molar-refractivity contribution in [1.82, 2.24) is 15.6 Å². The van der Waals surface area contributed by atoms with Gasteiger partial charge in [0, 0.05) is 26.3 Å². The summed E-state index contributed by atoms with van der Waals surface area (Å²) in [4.78, 5) is 8.79. The van der Waals surface area contributed by atoms with Crippen molar-refractivity contribution >= 4 is 29.9 Å². The number of hydrogen-bond acceptors (Lipinski definition) is 4. The number of nitrogens with zero attached hydrogens (tertiary/aromatic N) is 2. The summed E-state index contributed by atoms with van der Waals surface area (Å²) in [5, 5.41) is 6.56. The second-order valence-electron chi connectivity index (χ2n) is 6.54. The summed E-state index contributed by atoms with van der Waals surface area (Å²) in [5.74, 6) is 1.33. The number of ether oxygens (including phenoxy) is 1. The van der Waals surface area contributed by atoms with Gasteiger partial charge in [0.1, 0.15) is 6.26 Å². The second kappa shape index (κ2) is 11.6. The van der Waals surface area contributed by atoms with E-state index in [2.05, 4.69) is 51.8 Å². The van der Waals surface area contributed by atoms with Crippen molar-refractivity contribution in [2.75, 3.05) is 14.2 Å². The van der Waals surface area contributed by atoms with E-state index in [4.69, 9.17) is 9.15 Å². The molecule has 0 saturated carbocycles. The fraction of sp³-hybridized carbons (Fsp3) is 0.273. The quantitative estimate of drug-likeness (QED) is 0.285. The molecule has 0 amide bonds. The van der Waals surface area contributed by atoms with Gasteiger partial charge in [0.2, 0.25) is 5.89 Å². The molecule has 2 aromatic carbocycles. The van der Waals surface area contributed by atoms with Crippen LogP contribution in [0.2, 0.25) is 0 Å². The number of oxazole rings is 1. The molecule has 0 unspecified atom stereocenters. The molecule has 2 N–H and O–H groups in total. The summed E-state index contributed by atoms with van der Waals surface area (Å²) in [5.41, 5.74) is 5.33. The smallest absolute Gasteiger partial charge is 0.226 e. The lowest BCUT2D eigenvalue weighted by Crippen LogP contribution is -2.36. The van der Waals surface area contributed by atoms with Crippen LogP contribution in [0.25, 0.3) is 11.5 Å². The fourth-order valence-corrected chi connectivity index (χ4v) is 2.72. The molecule has 0 aliphatic rings. The van der Waals surface area contributed by atoms with Crippen LogP contribution in [0.4, 0.5) is 0 Å². The van der Waals surface area contributed by atoms with Crippen molar-refractivity contribution in [2.45, 2.75) is 26.6 Å². The molecule has 154 valence electrons. The molecule has 0 aliphatic heterocycles. The van der Waals surface area contributed by atoms with Crippen molar-refractivity contribution in [2.24, 2.45) is 4.99 Å². The third-order valence-corrected chi connectivity index (χ3v) is 4.30. The van der Waals surface area contributed by atoms with Gasteiger partial charge in [0.05, 0.1) is 18.8 Å². The fourth-order valence-electron chi connectivity index (χ4n) is 2.72. The zero-order chi connectivity index (χ0) is 19.8. The number of aryl methyl sites for hydroxylation is 1. The molecule has 6 nitrogen and oxygen atoms in total. The van der Waals surface area contributed by atoms with Crippen LogP contribution >= 0.6 is 24.0 Å². The summed E-state index contributed by atoms with van der Waals surface area (Å²) in [6.07, 6.45) is 1.67. The molecule has 0 atom stereocenters. The Morgan fingerprint density at radius 2 is 1.66 bits per heavy atom. The topological polar surface area (TPSA) is 71.7 Å². The molecule has 0 fully saturated rings. The van der Waals surface area contributed by atoms with E-state index in [0.29, 0.717) is 31.5 Å². The van der Waals surface area contributed by atoms with E-state index in [1.807, 2.05) is 24.3 Å². The molecular formula is C22H27IN4O2. The molecule has 3 aromatic rings. The van der Waals surface area contributed by atoms with Crippen molar-refractivity contribution in [3.05, 3.63) is 77.2 Å². The van der Waals surface area contributed by atoms with E-state index in [0.717, 1.165) is 16.8 Å². The minimum atomic E-state index is 0. The molecule has 0 spiro atoms. The Kier molecular flexibility index (Phi) is 9.14. The van der Waals surface area contributed by atoms with Crippen molar-refractivity contribution < 1.29 is 9.15 Å². The average molecular weight is 506 g/mol. The van der Waals surface area contributed by atoms with Gasteiger partial charge in [0.15, 0.2) is 5.96 Å². The van der Waals surface area contributed by atoms with E-state index in [9.17, 15) is 0 Å². The standard InChI is InChI=1S/C22H26N4O2.HI/c1-16-4-10-19(11-5-16)21-26-20(15-28-21)13-25-22(23-2)24-12-17-6-8-18(9-7-17)14-27-3;/h4-11,15H,12-14H2,1-3H3,(H2,23,24,25);1H. The van der Waals surface area contributed by atoms with Gasteiger partial charge in [-0.05, 0) is 30.2 Å². The number of aliphatic imine (C=N–C) groups is 1. The molecule has 1 aromatic heterocycles. The first-order valence-electron chi connectivity index (χ1n) is 9.20. The summed E-state index contributed by atoms with van der Waals surface area (Å²) >= 11 is 0. The number of rotatable bonds is 7. The van der Waals surface area contributed by atoms with Gasteiger partial charge in [-0.1, -0.05) is 42.0 Å². The molecule has 3 rings (SSSR count). The molecule has 7 heteroatoms. The highest BCUT2D eigenvalue weighted by Gasteiger charge is 2.07. The highest BCUT2D eigenvalue weighted by atomic mass is 127. The predicted molar refractivity (Wildman–Crippen MR) is 126 cm³/mol. The number of halogens is 1. The predicted octanol–water partition coefficient (Wildman–Crippen LogP) is 4.28. The lowest BCUT2D eigenvalue weighted by Gasteiger charge is -2.11. The van der Waals surface area contributed by atoms with Crippen LogP contribution in [0.3, 0.4) is 0 Å². The number of benzene rings is 2.